The van der Waals surface area contributed by atoms with Gasteiger partial charge in [0.05, 0.1) is 23.0 Å². The summed E-state index contributed by atoms with van der Waals surface area (Å²) in [5.74, 6) is -0.185. The maximum absolute atomic E-state index is 13.2. The fourth-order valence-electron chi connectivity index (χ4n) is 2.11. The molecule has 0 radical (unpaired) electrons. The zero-order valence-electron chi connectivity index (χ0n) is 11.5. The van der Waals surface area contributed by atoms with Crippen molar-refractivity contribution >= 4 is 22.8 Å². The Bertz CT molecular complexity index is 924. The van der Waals surface area contributed by atoms with Crippen molar-refractivity contribution in [3.05, 3.63) is 53.9 Å². The first-order valence-corrected chi connectivity index (χ1v) is 7.64. The number of rotatable bonds is 4. The Balaban J connectivity index is 1.51. The number of H-pyrrole nitrogens is 1. The Morgan fingerprint density at radius 3 is 2.83 bits per heavy atom. The summed E-state index contributed by atoms with van der Waals surface area (Å²) in [4.78, 5) is 7.15. The second-order valence-electron chi connectivity index (χ2n) is 4.77. The van der Waals surface area contributed by atoms with Crippen LogP contribution in [0.5, 0.6) is 0 Å². The number of furan rings is 1. The quantitative estimate of drug-likeness (QED) is 0.561. The summed E-state index contributed by atoms with van der Waals surface area (Å²) in [5, 5.41) is 4.50. The van der Waals surface area contributed by atoms with Crippen LogP contribution in [0.3, 0.4) is 0 Å². The zero-order chi connectivity index (χ0) is 15.8. The number of halogens is 2. The van der Waals surface area contributed by atoms with Gasteiger partial charge in [-0.2, -0.15) is 0 Å². The molecule has 0 amide bonds. The minimum Gasteiger partial charge on any atom is -0.461 e. The molecule has 0 spiro atoms. The number of nitrogens with zero attached hydrogens (tertiary/aromatic N) is 2. The van der Waals surface area contributed by atoms with Gasteiger partial charge >= 0.3 is 0 Å². The number of nitrogens with one attached hydrogen (secondary N) is 1. The van der Waals surface area contributed by atoms with Crippen LogP contribution in [0.2, 0.25) is 0 Å². The lowest BCUT2D eigenvalue weighted by Crippen LogP contribution is -1.82. The van der Waals surface area contributed by atoms with Crippen LogP contribution in [0.1, 0.15) is 5.69 Å². The van der Waals surface area contributed by atoms with Gasteiger partial charge in [0, 0.05) is 24.0 Å². The summed E-state index contributed by atoms with van der Waals surface area (Å²) in [6, 6.07) is 7.47. The van der Waals surface area contributed by atoms with Gasteiger partial charge < -0.3 is 13.9 Å². The number of imidazole rings is 1. The van der Waals surface area contributed by atoms with Crippen molar-refractivity contribution in [3.63, 3.8) is 0 Å². The highest BCUT2D eigenvalue weighted by Gasteiger charge is 2.12. The van der Waals surface area contributed by atoms with Crippen molar-refractivity contribution in [2.75, 3.05) is 0 Å². The number of fused-ring (bicyclic) bond motifs is 1. The second-order valence-corrected chi connectivity index (χ2v) is 5.74. The van der Waals surface area contributed by atoms with Gasteiger partial charge in [-0.1, -0.05) is 16.9 Å². The third-order valence-corrected chi connectivity index (χ3v) is 4.09. The molecule has 0 unspecified atom stereocenters. The molecule has 8 heteroatoms. The van der Waals surface area contributed by atoms with Crippen molar-refractivity contribution in [3.8, 4) is 11.5 Å². The number of benzene rings is 1. The maximum atomic E-state index is 13.2. The van der Waals surface area contributed by atoms with E-state index in [9.17, 15) is 8.78 Å². The van der Waals surface area contributed by atoms with Gasteiger partial charge in [-0.05, 0) is 12.1 Å². The molecule has 0 saturated heterocycles. The molecule has 3 heterocycles. The molecule has 1 N–H and O–H groups in total. The van der Waals surface area contributed by atoms with E-state index in [4.69, 9.17) is 8.94 Å². The molecule has 116 valence electrons. The summed E-state index contributed by atoms with van der Waals surface area (Å²) >= 11 is 1.36. The molecule has 3 aromatic heterocycles. The van der Waals surface area contributed by atoms with Crippen molar-refractivity contribution in [2.45, 2.75) is 10.9 Å². The fourth-order valence-corrected chi connectivity index (χ4v) is 2.87. The van der Waals surface area contributed by atoms with E-state index in [1.165, 1.54) is 11.8 Å². The average molecular weight is 333 g/mol. The van der Waals surface area contributed by atoms with Gasteiger partial charge in [-0.3, -0.25) is 0 Å². The van der Waals surface area contributed by atoms with E-state index >= 15 is 0 Å². The molecule has 5 nitrogen and oxygen atoms in total. The zero-order valence-corrected chi connectivity index (χ0v) is 12.4. The molecular weight excluding hydrogens is 324 g/mol. The fraction of sp³-hybridized carbons (Fsp3) is 0.0667. The summed E-state index contributed by atoms with van der Waals surface area (Å²) in [6.07, 6.45) is 1.55. The van der Waals surface area contributed by atoms with Gasteiger partial charge in [-0.15, -0.1) is 0 Å². The SMILES string of the molecule is Fc1cc2nc(SCc3cc(-c4ccco4)on3)[nH]c2cc1F. The minimum atomic E-state index is -0.917. The smallest absolute Gasteiger partial charge is 0.202 e. The van der Waals surface area contributed by atoms with Crippen molar-refractivity contribution < 1.29 is 17.7 Å². The van der Waals surface area contributed by atoms with Gasteiger partial charge in [0.1, 0.15) is 0 Å². The Morgan fingerprint density at radius 1 is 1.13 bits per heavy atom. The molecule has 1 aromatic carbocycles. The topological polar surface area (TPSA) is 67.8 Å². The molecule has 0 aliphatic heterocycles. The van der Waals surface area contributed by atoms with Gasteiger partial charge in [0.15, 0.2) is 22.6 Å². The number of hydrogen-bond donors (Lipinski definition) is 1. The summed E-state index contributed by atoms with van der Waals surface area (Å²) in [5.41, 5.74) is 1.53. The van der Waals surface area contributed by atoms with E-state index in [1.54, 1.807) is 24.5 Å². The first-order chi connectivity index (χ1) is 11.2. The average Bonchev–Trinajstić information content (AvgIpc) is 3.25. The molecule has 0 aliphatic carbocycles. The van der Waals surface area contributed by atoms with E-state index in [0.29, 0.717) is 39.2 Å². The molecule has 0 aliphatic rings. The van der Waals surface area contributed by atoms with E-state index in [-0.39, 0.29) is 0 Å². The lowest BCUT2D eigenvalue weighted by molar-refractivity contribution is 0.413. The lowest BCUT2D eigenvalue weighted by Gasteiger charge is -1.91. The molecular formula is C15H9F2N3O2S. The first-order valence-electron chi connectivity index (χ1n) is 6.66. The number of hydrogen-bond acceptors (Lipinski definition) is 5. The van der Waals surface area contributed by atoms with Crippen LogP contribution >= 0.6 is 11.8 Å². The molecule has 0 atom stereocenters. The highest BCUT2D eigenvalue weighted by Crippen LogP contribution is 2.26. The minimum absolute atomic E-state index is 0.378. The van der Waals surface area contributed by atoms with E-state index < -0.39 is 11.6 Å². The number of aromatic amines is 1. The third-order valence-electron chi connectivity index (χ3n) is 3.18. The predicted molar refractivity (Wildman–Crippen MR) is 79.8 cm³/mol. The van der Waals surface area contributed by atoms with Gasteiger partial charge in [0.25, 0.3) is 0 Å². The molecule has 0 saturated carbocycles. The largest absolute Gasteiger partial charge is 0.461 e. The van der Waals surface area contributed by atoms with Crippen LogP contribution in [0.4, 0.5) is 8.78 Å². The van der Waals surface area contributed by atoms with Crippen LogP contribution in [0.25, 0.3) is 22.6 Å². The second kappa shape index (κ2) is 5.54. The predicted octanol–water partition coefficient (Wildman–Crippen LogP) is 4.38. The Morgan fingerprint density at radius 2 is 2.00 bits per heavy atom. The van der Waals surface area contributed by atoms with Crippen molar-refractivity contribution in [1.29, 1.82) is 0 Å². The summed E-state index contributed by atoms with van der Waals surface area (Å²) in [6.45, 7) is 0. The Labute approximate surface area is 132 Å². The highest BCUT2D eigenvalue weighted by atomic mass is 32.2. The highest BCUT2D eigenvalue weighted by molar-refractivity contribution is 7.98. The summed E-state index contributed by atoms with van der Waals surface area (Å²) in [7, 11) is 0. The molecule has 4 aromatic rings. The maximum Gasteiger partial charge on any atom is 0.202 e. The van der Waals surface area contributed by atoms with Crippen molar-refractivity contribution in [2.24, 2.45) is 0 Å². The van der Waals surface area contributed by atoms with Crippen LogP contribution in [0.15, 0.2) is 50.7 Å². The Kier molecular flexibility index (Phi) is 3.38. The lowest BCUT2D eigenvalue weighted by atomic mass is 10.3. The van der Waals surface area contributed by atoms with Crippen molar-refractivity contribution in [1.82, 2.24) is 15.1 Å². The van der Waals surface area contributed by atoms with E-state index in [2.05, 4.69) is 15.1 Å². The van der Waals surface area contributed by atoms with Crippen LogP contribution in [-0.4, -0.2) is 15.1 Å². The van der Waals surface area contributed by atoms with Gasteiger partial charge in [-0.25, -0.2) is 13.8 Å². The third kappa shape index (κ3) is 2.72. The Hall–Kier alpha value is -2.61. The monoisotopic (exact) mass is 333 g/mol. The number of thioether (sulfide) groups is 1. The molecule has 4 rings (SSSR count). The first kappa shape index (κ1) is 14.0. The molecule has 0 bridgehead atoms. The number of aromatic nitrogens is 3. The van der Waals surface area contributed by atoms with Crippen LogP contribution in [-0.2, 0) is 5.75 Å². The van der Waals surface area contributed by atoms with Crippen LogP contribution in [0, 0.1) is 11.6 Å². The molecule has 0 fully saturated rings. The van der Waals surface area contributed by atoms with Crippen LogP contribution < -0.4 is 0 Å². The standard InChI is InChI=1S/C15H9F2N3O2S/c16-9-5-11-12(6-10(9)17)19-15(18-11)23-7-8-4-14(22-20-8)13-2-1-3-21-13/h1-6H,7H2,(H,18,19). The van der Waals surface area contributed by atoms with E-state index in [1.807, 2.05) is 0 Å². The normalized spacial score (nSPS) is 11.4. The molecule has 23 heavy (non-hydrogen) atoms. The van der Waals surface area contributed by atoms with Gasteiger partial charge in [0.2, 0.25) is 5.76 Å². The van der Waals surface area contributed by atoms with E-state index in [0.717, 1.165) is 12.1 Å². The summed E-state index contributed by atoms with van der Waals surface area (Å²) < 4.78 is 36.8.